The van der Waals surface area contributed by atoms with Gasteiger partial charge in [-0.05, 0) is 66.8 Å². The van der Waals surface area contributed by atoms with Crippen LogP contribution in [-0.2, 0) is 24.2 Å². The number of likely N-dealkylation sites (N-methyl/N-ethyl adjacent to an activating group) is 1. The third kappa shape index (κ3) is 4.39. The van der Waals surface area contributed by atoms with Gasteiger partial charge >= 0.3 is 5.63 Å². The molecule has 1 aliphatic carbocycles. The van der Waals surface area contributed by atoms with Crippen LogP contribution in [0.1, 0.15) is 30.0 Å². The molecule has 2 aromatic carbocycles. The highest BCUT2D eigenvalue weighted by molar-refractivity contribution is 5.92. The first kappa shape index (κ1) is 20.2. The van der Waals surface area contributed by atoms with E-state index in [1.54, 1.807) is 19.2 Å². The summed E-state index contributed by atoms with van der Waals surface area (Å²) in [4.78, 5) is 26.7. The maximum absolute atomic E-state index is 12.6. The molecule has 0 fully saturated rings. The number of hydrogen-bond donors (Lipinski definition) is 1. The maximum Gasteiger partial charge on any atom is 0.336 e. The Balaban J connectivity index is 1.52. The fourth-order valence-corrected chi connectivity index (χ4v) is 4.05. The standard InChI is InChI=1S/C24H26N2O4/c1-3-26(15-23(27)25-19-8-5-9-20(13-19)29-2)14-18-12-24(28)30-22-11-17-7-4-6-16(17)10-21(18)22/h5,8-13H,3-4,6-7,14-15H2,1-2H3,(H,25,27). The second kappa shape index (κ2) is 8.71. The minimum atomic E-state index is -0.354. The average molecular weight is 406 g/mol. The number of anilines is 1. The second-order valence-electron chi connectivity index (χ2n) is 7.64. The predicted octanol–water partition coefficient (Wildman–Crippen LogP) is 3.75. The van der Waals surface area contributed by atoms with Crippen LogP contribution in [0.4, 0.5) is 5.69 Å². The Kier molecular flexibility index (Phi) is 5.86. The summed E-state index contributed by atoms with van der Waals surface area (Å²) >= 11 is 0. The van der Waals surface area contributed by atoms with E-state index in [0.29, 0.717) is 30.1 Å². The SMILES string of the molecule is CCN(CC(=O)Nc1cccc(OC)c1)Cc1cc(=O)oc2cc3c(cc12)CCC3. The third-order valence-corrected chi connectivity index (χ3v) is 5.60. The molecule has 0 bridgehead atoms. The summed E-state index contributed by atoms with van der Waals surface area (Å²) in [6.07, 6.45) is 3.23. The van der Waals surface area contributed by atoms with Gasteiger partial charge in [0.2, 0.25) is 5.91 Å². The van der Waals surface area contributed by atoms with Crippen LogP contribution >= 0.6 is 0 Å². The van der Waals surface area contributed by atoms with Gasteiger partial charge < -0.3 is 14.5 Å². The van der Waals surface area contributed by atoms with Gasteiger partial charge in [-0.25, -0.2) is 4.79 Å². The number of amides is 1. The lowest BCUT2D eigenvalue weighted by Crippen LogP contribution is -2.33. The predicted molar refractivity (Wildman–Crippen MR) is 117 cm³/mol. The van der Waals surface area contributed by atoms with Crippen molar-refractivity contribution in [3.8, 4) is 5.75 Å². The van der Waals surface area contributed by atoms with E-state index in [2.05, 4.69) is 11.4 Å². The Morgan fingerprint density at radius 3 is 2.73 bits per heavy atom. The number of nitrogens with one attached hydrogen (secondary N) is 1. The topological polar surface area (TPSA) is 71.8 Å². The fourth-order valence-electron chi connectivity index (χ4n) is 4.05. The highest BCUT2D eigenvalue weighted by Crippen LogP contribution is 2.29. The van der Waals surface area contributed by atoms with Crippen molar-refractivity contribution in [3.05, 3.63) is 69.6 Å². The Morgan fingerprint density at radius 2 is 1.97 bits per heavy atom. The first-order valence-electron chi connectivity index (χ1n) is 10.3. The molecule has 1 N–H and O–H groups in total. The Labute approximate surface area is 175 Å². The minimum Gasteiger partial charge on any atom is -0.497 e. The highest BCUT2D eigenvalue weighted by atomic mass is 16.5. The zero-order valence-electron chi connectivity index (χ0n) is 17.4. The Hall–Kier alpha value is -3.12. The third-order valence-electron chi connectivity index (χ3n) is 5.60. The maximum atomic E-state index is 12.6. The van der Waals surface area contributed by atoms with Crippen LogP contribution in [0.2, 0.25) is 0 Å². The summed E-state index contributed by atoms with van der Waals surface area (Å²) < 4.78 is 10.7. The molecule has 0 saturated heterocycles. The van der Waals surface area contributed by atoms with Gasteiger partial charge in [-0.15, -0.1) is 0 Å². The molecule has 1 aliphatic rings. The molecule has 0 unspecified atom stereocenters. The van der Waals surface area contributed by atoms with Crippen LogP contribution in [0.3, 0.4) is 0 Å². The number of aryl methyl sites for hydroxylation is 2. The monoisotopic (exact) mass is 406 g/mol. The molecule has 0 spiro atoms. The summed E-state index contributed by atoms with van der Waals surface area (Å²) in [5.41, 5.74) is 4.47. The first-order chi connectivity index (χ1) is 14.6. The molecule has 6 heteroatoms. The normalized spacial score (nSPS) is 12.9. The van der Waals surface area contributed by atoms with Gasteiger partial charge in [-0.2, -0.15) is 0 Å². The lowest BCUT2D eigenvalue weighted by atomic mass is 10.0. The van der Waals surface area contributed by atoms with E-state index in [0.717, 1.165) is 30.2 Å². The van der Waals surface area contributed by atoms with Crippen LogP contribution in [0.25, 0.3) is 11.0 Å². The molecule has 30 heavy (non-hydrogen) atoms. The zero-order valence-corrected chi connectivity index (χ0v) is 17.4. The van der Waals surface area contributed by atoms with E-state index in [9.17, 15) is 9.59 Å². The van der Waals surface area contributed by atoms with Gasteiger partial charge in [-0.3, -0.25) is 9.69 Å². The second-order valence-corrected chi connectivity index (χ2v) is 7.64. The molecule has 6 nitrogen and oxygen atoms in total. The largest absolute Gasteiger partial charge is 0.497 e. The van der Waals surface area contributed by atoms with Gasteiger partial charge in [-0.1, -0.05) is 13.0 Å². The number of nitrogens with zero attached hydrogens (tertiary/aromatic N) is 1. The van der Waals surface area contributed by atoms with Crippen molar-refractivity contribution in [1.82, 2.24) is 4.90 Å². The lowest BCUT2D eigenvalue weighted by Gasteiger charge is -2.21. The van der Waals surface area contributed by atoms with Gasteiger partial charge in [0.05, 0.1) is 13.7 Å². The van der Waals surface area contributed by atoms with Gasteiger partial charge in [0.15, 0.2) is 0 Å². The number of fused-ring (bicyclic) bond motifs is 2. The number of benzene rings is 2. The van der Waals surface area contributed by atoms with Crippen LogP contribution in [0.5, 0.6) is 5.75 Å². The first-order valence-corrected chi connectivity index (χ1v) is 10.3. The lowest BCUT2D eigenvalue weighted by molar-refractivity contribution is -0.117. The van der Waals surface area contributed by atoms with E-state index in [1.165, 1.54) is 11.1 Å². The van der Waals surface area contributed by atoms with Crippen LogP contribution in [0.15, 0.2) is 51.7 Å². The van der Waals surface area contributed by atoms with Crippen LogP contribution < -0.4 is 15.7 Å². The van der Waals surface area contributed by atoms with E-state index in [-0.39, 0.29) is 18.1 Å². The van der Waals surface area contributed by atoms with Gasteiger partial charge in [0.1, 0.15) is 11.3 Å². The average Bonchev–Trinajstić information content (AvgIpc) is 3.19. The molecule has 156 valence electrons. The fraction of sp³-hybridized carbons (Fsp3) is 0.333. The zero-order chi connectivity index (χ0) is 21.1. The van der Waals surface area contributed by atoms with Gasteiger partial charge in [0, 0.05) is 29.8 Å². The van der Waals surface area contributed by atoms with Crippen LogP contribution in [0, 0.1) is 0 Å². The molecule has 0 radical (unpaired) electrons. The van der Waals surface area contributed by atoms with E-state index < -0.39 is 0 Å². The molecule has 0 saturated carbocycles. The summed E-state index contributed by atoms with van der Waals surface area (Å²) in [6.45, 7) is 3.41. The Bertz CT molecular complexity index is 1140. The summed E-state index contributed by atoms with van der Waals surface area (Å²) in [6, 6.07) is 13.0. The van der Waals surface area contributed by atoms with Crippen molar-refractivity contribution in [2.24, 2.45) is 0 Å². The molecule has 4 rings (SSSR count). The highest BCUT2D eigenvalue weighted by Gasteiger charge is 2.17. The van der Waals surface area contributed by atoms with Crippen molar-refractivity contribution in [3.63, 3.8) is 0 Å². The smallest absolute Gasteiger partial charge is 0.336 e. The molecule has 3 aromatic rings. The van der Waals surface area contributed by atoms with Gasteiger partial charge in [0.25, 0.3) is 0 Å². The Morgan fingerprint density at radius 1 is 1.17 bits per heavy atom. The molecular formula is C24H26N2O4. The number of methoxy groups -OCH3 is 1. The number of carbonyl (C=O) groups is 1. The van der Waals surface area contributed by atoms with E-state index in [1.807, 2.05) is 36.1 Å². The summed E-state index contributed by atoms with van der Waals surface area (Å²) in [5, 5.41) is 3.87. The number of rotatable bonds is 7. The molecular weight excluding hydrogens is 380 g/mol. The van der Waals surface area contributed by atoms with Crippen molar-refractivity contribution in [2.75, 3.05) is 25.5 Å². The van der Waals surface area contributed by atoms with Crippen molar-refractivity contribution in [1.29, 1.82) is 0 Å². The quantitative estimate of drug-likeness (QED) is 0.605. The molecule has 1 amide bonds. The number of hydrogen-bond acceptors (Lipinski definition) is 5. The molecule has 1 aromatic heterocycles. The van der Waals surface area contributed by atoms with Crippen molar-refractivity contribution >= 4 is 22.6 Å². The van der Waals surface area contributed by atoms with Crippen molar-refractivity contribution in [2.45, 2.75) is 32.7 Å². The van der Waals surface area contributed by atoms with E-state index in [4.69, 9.17) is 9.15 Å². The number of carbonyl (C=O) groups excluding carboxylic acids is 1. The van der Waals surface area contributed by atoms with Crippen LogP contribution in [-0.4, -0.2) is 31.0 Å². The van der Waals surface area contributed by atoms with Crippen molar-refractivity contribution < 1.29 is 13.9 Å². The molecule has 1 heterocycles. The minimum absolute atomic E-state index is 0.113. The summed E-state index contributed by atoms with van der Waals surface area (Å²) in [7, 11) is 1.59. The summed E-state index contributed by atoms with van der Waals surface area (Å²) in [5.74, 6) is 0.577. The number of ether oxygens (including phenoxy) is 1. The van der Waals surface area contributed by atoms with E-state index >= 15 is 0 Å². The molecule has 0 atom stereocenters. The molecule has 0 aliphatic heterocycles.